The lowest BCUT2D eigenvalue weighted by molar-refractivity contribution is -0.134. The minimum atomic E-state index is -0.575. The highest BCUT2D eigenvalue weighted by Crippen LogP contribution is 2.21. The van der Waals surface area contributed by atoms with E-state index in [0.717, 1.165) is 19.4 Å². The molecule has 2 N–H and O–H groups in total. The van der Waals surface area contributed by atoms with Crippen molar-refractivity contribution < 1.29 is 14.0 Å². The summed E-state index contributed by atoms with van der Waals surface area (Å²) in [6, 6.07) is 5.65. The van der Waals surface area contributed by atoms with Crippen LogP contribution in [0.4, 0.5) is 4.39 Å². The summed E-state index contributed by atoms with van der Waals surface area (Å²) >= 11 is 0. The maximum atomic E-state index is 13.0. The molecule has 0 spiro atoms. The third kappa shape index (κ3) is 4.18. The summed E-state index contributed by atoms with van der Waals surface area (Å²) in [5.41, 5.74) is 0.358. The van der Waals surface area contributed by atoms with Gasteiger partial charge in [0, 0.05) is 30.7 Å². The Balaban J connectivity index is 1.68. The van der Waals surface area contributed by atoms with E-state index in [2.05, 4.69) is 10.6 Å². The van der Waals surface area contributed by atoms with Gasteiger partial charge >= 0.3 is 0 Å². The fourth-order valence-corrected chi connectivity index (χ4v) is 3.68. The second-order valence-corrected chi connectivity index (χ2v) is 7.41. The van der Waals surface area contributed by atoms with Gasteiger partial charge in [-0.1, -0.05) is 13.8 Å². The van der Waals surface area contributed by atoms with Gasteiger partial charge in [-0.15, -0.1) is 0 Å². The molecule has 2 fully saturated rings. The number of nitrogens with one attached hydrogen (secondary N) is 2. The van der Waals surface area contributed by atoms with Crippen LogP contribution in [0.5, 0.6) is 0 Å². The number of carbonyl (C=O) groups excluding carboxylic acids is 2. The van der Waals surface area contributed by atoms with Crippen LogP contribution in [0.25, 0.3) is 0 Å². The molecule has 3 unspecified atom stereocenters. The number of hydrogen-bond donors (Lipinski definition) is 2. The standard InChI is InChI=1S/C19H26FN3O2/c1-12(2)17(22-18(24)13-3-5-14(20)6-4-13)19(25)23-10-9-15-7-8-16(11-23)21-15/h3-6,12,15-17,21H,7-11H2,1-2H3,(H,22,24). The molecule has 0 aliphatic carbocycles. The largest absolute Gasteiger partial charge is 0.340 e. The molecule has 2 heterocycles. The van der Waals surface area contributed by atoms with Crippen molar-refractivity contribution in [2.75, 3.05) is 13.1 Å². The van der Waals surface area contributed by atoms with Gasteiger partial charge in [0.15, 0.2) is 0 Å². The first-order valence-corrected chi connectivity index (χ1v) is 9.05. The van der Waals surface area contributed by atoms with Gasteiger partial charge in [0.25, 0.3) is 5.91 Å². The molecule has 2 bridgehead atoms. The molecule has 2 amide bonds. The van der Waals surface area contributed by atoms with Crippen LogP contribution < -0.4 is 10.6 Å². The van der Waals surface area contributed by atoms with Crippen LogP contribution in [0.1, 0.15) is 43.5 Å². The second-order valence-electron chi connectivity index (χ2n) is 7.41. The van der Waals surface area contributed by atoms with Crippen molar-refractivity contribution in [3.63, 3.8) is 0 Å². The van der Waals surface area contributed by atoms with Crippen LogP contribution in [0.2, 0.25) is 0 Å². The maximum absolute atomic E-state index is 13.0. The minimum absolute atomic E-state index is 0.0229. The predicted octanol–water partition coefficient (Wildman–Crippen LogP) is 1.93. The molecule has 5 nitrogen and oxygen atoms in total. The Morgan fingerprint density at radius 2 is 1.84 bits per heavy atom. The second kappa shape index (κ2) is 7.52. The van der Waals surface area contributed by atoms with E-state index in [0.29, 0.717) is 24.2 Å². The van der Waals surface area contributed by atoms with E-state index in [1.165, 1.54) is 30.7 Å². The number of likely N-dealkylation sites (tertiary alicyclic amines) is 1. The Morgan fingerprint density at radius 3 is 2.52 bits per heavy atom. The number of benzene rings is 1. The van der Waals surface area contributed by atoms with E-state index in [4.69, 9.17) is 0 Å². The molecule has 3 rings (SSSR count). The fourth-order valence-electron chi connectivity index (χ4n) is 3.68. The topological polar surface area (TPSA) is 61.4 Å². The molecule has 2 aliphatic rings. The van der Waals surface area contributed by atoms with Gasteiger partial charge in [0.2, 0.25) is 5.91 Å². The highest BCUT2D eigenvalue weighted by Gasteiger charge is 2.35. The first-order valence-electron chi connectivity index (χ1n) is 9.05. The van der Waals surface area contributed by atoms with Crippen molar-refractivity contribution in [2.45, 2.75) is 51.2 Å². The van der Waals surface area contributed by atoms with Crippen LogP contribution >= 0.6 is 0 Å². The van der Waals surface area contributed by atoms with E-state index in [1.54, 1.807) is 0 Å². The summed E-state index contributed by atoms with van der Waals surface area (Å²) in [6.45, 7) is 5.28. The Morgan fingerprint density at radius 1 is 1.16 bits per heavy atom. The summed E-state index contributed by atoms with van der Waals surface area (Å²) in [5.74, 6) is -0.785. The number of fused-ring (bicyclic) bond motifs is 2. The highest BCUT2D eigenvalue weighted by atomic mass is 19.1. The van der Waals surface area contributed by atoms with Crippen molar-refractivity contribution in [1.82, 2.24) is 15.5 Å². The predicted molar refractivity (Wildman–Crippen MR) is 93.6 cm³/mol. The smallest absolute Gasteiger partial charge is 0.251 e. The van der Waals surface area contributed by atoms with Gasteiger partial charge in [0.1, 0.15) is 11.9 Å². The van der Waals surface area contributed by atoms with Crippen molar-refractivity contribution >= 4 is 11.8 Å². The molecule has 1 aromatic rings. The van der Waals surface area contributed by atoms with Crippen molar-refractivity contribution in [2.24, 2.45) is 5.92 Å². The lowest BCUT2D eigenvalue weighted by Gasteiger charge is -2.30. The van der Waals surface area contributed by atoms with Crippen LogP contribution in [0.3, 0.4) is 0 Å². The van der Waals surface area contributed by atoms with Crippen LogP contribution in [0.15, 0.2) is 24.3 Å². The maximum Gasteiger partial charge on any atom is 0.251 e. The average Bonchev–Trinajstić information content (AvgIpc) is 2.91. The van der Waals surface area contributed by atoms with Gasteiger partial charge in [-0.3, -0.25) is 9.59 Å². The van der Waals surface area contributed by atoms with Gasteiger partial charge in [-0.25, -0.2) is 4.39 Å². The number of nitrogens with zero attached hydrogens (tertiary/aromatic N) is 1. The zero-order chi connectivity index (χ0) is 18.0. The monoisotopic (exact) mass is 347 g/mol. The lowest BCUT2D eigenvalue weighted by atomic mass is 10.0. The lowest BCUT2D eigenvalue weighted by Crippen LogP contribution is -2.53. The molecule has 136 valence electrons. The first-order chi connectivity index (χ1) is 11.9. The summed E-state index contributed by atoms with van der Waals surface area (Å²) in [5, 5.41) is 6.40. The number of halogens is 1. The summed E-state index contributed by atoms with van der Waals surface area (Å²) in [7, 11) is 0. The Labute approximate surface area is 148 Å². The molecule has 1 aromatic carbocycles. The molecule has 2 saturated heterocycles. The molecular weight excluding hydrogens is 321 g/mol. The summed E-state index contributed by atoms with van der Waals surface area (Å²) in [6.07, 6.45) is 3.24. The summed E-state index contributed by atoms with van der Waals surface area (Å²) in [4.78, 5) is 27.3. The average molecular weight is 347 g/mol. The highest BCUT2D eigenvalue weighted by molar-refractivity contribution is 5.97. The fraction of sp³-hybridized carbons (Fsp3) is 0.579. The van der Waals surface area contributed by atoms with Crippen LogP contribution in [-0.2, 0) is 4.79 Å². The third-order valence-corrected chi connectivity index (χ3v) is 5.16. The normalized spacial score (nSPS) is 24.1. The van der Waals surface area contributed by atoms with E-state index >= 15 is 0 Å². The zero-order valence-electron chi connectivity index (χ0n) is 14.8. The Kier molecular flexibility index (Phi) is 5.37. The zero-order valence-corrected chi connectivity index (χ0v) is 14.8. The van der Waals surface area contributed by atoms with Crippen LogP contribution in [-0.4, -0.2) is 47.9 Å². The van der Waals surface area contributed by atoms with E-state index < -0.39 is 6.04 Å². The van der Waals surface area contributed by atoms with Crippen LogP contribution in [0, 0.1) is 11.7 Å². The van der Waals surface area contributed by atoms with Crippen molar-refractivity contribution in [3.05, 3.63) is 35.6 Å². The van der Waals surface area contributed by atoms with Crippen molar-refractivity contribution in [3.8, 4) is 0 Å². The third-order valence-electron chi connectivity index (χ3n) is 5.16. The minimum Gasteiger partial charge on any atom is -0.340 e. The van der Waals surface area contributed by atoms with Gasteiger partial charge in [0.05, 0.1) is 0 Å². The first kappa shape index (κ1) is 17.9. The van der Waals surface area contributed by atoms with E-state index in [1.807, 2.05) is 18.7 Å². The molecule has 0 saturated carbocycles. The van der Waals surface area contributed by atoms with Gasteiger partial charge < -0.3 is 15.5 Å². The molecule has 0 radical (unpaired) electrons. The number of rotatable bonds is 4. The molecule has 25 heavy (non-hydrogen) atoms. The van der Waals surface area contributed by atoms with E-state index in [-0.39, 0.29) is 23.5 Å². The number of hydrogen-bond acceptors (Lipinski definition) is 3. The Hall–Kier alpha value is -1.95. The number of amides is 2. The molecule has 2 aliphatic heterocycles. The number of carbonyl (C=O) groups is 2. The van der Waals surface area contributed by atoms with Gasteiger partial charge in [-0.05, 0) is 49.4 Å². The van der Waals surface area contributed by atoms with E-state index in [9.17, 15) is 14.0 Å². The quantitative estimate of drug-likeness (QED) is 0.875. The SMILES string of the molecule is CC(C)C(NC(=O)c1ccc(F)cc1)C(=O)N1CCC2CCC(C1)N2. The summed E-state index contributed by atoms with van der Waals surface area (Å²) < 4.78 is 13.0. The molecule has 6 heteroatoms. The van der Waals surface area contributed by atoms with Crippen molar-refractivity contribution in [1.29, 1.82) is 0 Å². The molecular formula is C19H26FN3O2. The van der Waals surface area contributed by atoms with Gasteiger partial charge in [-0.2, -0.15) is 0 Å². The molecule has 0 aromatic heterocycles. The molecule has 3 atom stereocenters. The Bertz CT molecular complexity index is 632.